The molecule has 0 heterocycles. The van der Waals surface area contributed by atoms with E-state index in [0.29, 0.717) is 16.9 Å². The van der Waals surface area contributed by atoms with Crippen molar-refractivity contribution in [3.8, 4) is 17.9 Å². The molecule has 0 saturated carbocycles. The molecule has 0 unspecified atom stereocenters. The van der Waals surface area contributed by atoms with E-state index in [2.05, 4.69) is 6.07 Å². The normalized spacial score (nSPS) is 10.4. The molecule has 112 valence electrons. The number of hydrogen-bond acceptors (Lipinski definition) is 4. The minimum absolute atomic E-state index is 0.128. The lowest BCUT2D eigenvalue weighted by molar-refractivity contribution is -0.114. The highest BCUT2D eigenvalue weighted by Crippen LogP contribution is 2.18. The van der Waals surface area contributed by atoms with Gasteiger partial charge in [-0.25, -0.2) is 0 Å². The molecule has 0 fully saturated rings. The number of carbonyl (C=O) groups is 1. The Labute approximate surface area is 133 Å². The monoisotopic (exact) mass is 303 g/mol. The highest BCUT2D eigenvalue weighted by molar-refractivity contribution is 6.00. The fourth-order valence-electron chi connectivity index (χ4n) is 1.94. The van der Waals surface area contributed by atoms with Gasteiger partial charge >= 0.3 is 0 Å². The second-order valence-electron chi connectivity index (χ2n) is 4.66. The smallest absolute Gasteiger partial charge is 0.259 e. The lowest BCUT2D eigenvalue weighted by Gasteiger charge is -2.08. The molecule has 23 heavy (non-hydrogen) atoms. The summed E-state index contributed by atoms with van der Waals surface area (Å²) in [5.41, 5.74) is 6.95. The molecule has 1 amide bonds. The Kier molecular flexibility index (Phi) is 5.12. The molecule has 0 saturated heterocycles. The molecule has 0 aliphatic rings. The van der Waals surface area contributed by atoms with Crippen molar-refractivity contribution in [2.45, 2.75) is 6.61 Å². The van der Waals surface area contributed by atoms with Gasteiger partial charge in [0.25, 0.3) is 5.91 Å². The average molecular weight is 303 g/mol. The largest absolute Gasteiger partial charge is 0.489 e. The number of hydrogen-bond donors (Lipinski definition) is 1. The maximum absolute atomic E-state index is 11.1. The van der Waals surface area contributed by atoms with E-state index in [1.807, 2.05) is 12.1 Å². The fraction of sp³-hybridized carbons (Fsp3) is 0.0556. The summed E-state index contributed by atoms with van der Waals surface area (Å²) in [6.45, 7) is 0.248. The molecule has 2 N–H and O–H groups in total. The van der Waals surface area contributed by atoms with Gasteiger partial charge in [-0.2, -0.15) is 10.5 Å². The second kappa shape index (κ2) is 7.44. The second-order valence-corrected chi connectivity index (χ2v) is 4.66. The number of rotatable bonds is 5. The van der Waals surface area contributed by atoms with Crippen molar-refractivity contribution < 1.29 is 9.53 Å². The number of amides is 1. The van der Waals surface area contributed by atoms with Crippen molar-refractivity contribution in [1.82, 2.24) is 0 Å². The lowest BCUT2D eigenvalue weighted by atomic mass is 10.1. The first-order valence-electron chi connectivity index (χ1n) is 6.76. The first-order valence-corrected chi connectivity index (χ1v) is 6.76. The summed E-state index contributed by atoms with van der Waals surface area (Å²) >= 11 is 0. The van der Waals surface area contributed by atoms with Crippen LogP contribution in [0, 0.1) is 22.7 Å². The Bertz CT molecular complexity index is 842. The highest BCUT2D eigenvalue weighted by Gasteiger charge is 2.05. The van der Waals surface area contributed by atoms with Crippen LogP contribution in [-0.2, 0) is 11.4 Å². The van der Waals surface area contributed by atoms with E-state index in [-0.39, 0.29) is 12.2 Å². The molecule has 0 aliphatic heterocycles. The molecule has 5 nitrogen and oxygen atoms in total. The Morgan fingerprint density at radius 2 is 1.96 bits per heavy atom. The van der Waals surface area contributed by atoms with Gasteiger partial charge in [-0.15, -0.1) is 0 Å². The molecular weight excluding hydrogens is 290 g/mol. The molecule has 2 rings (SSSR count). The van der Waals surface area contributed by atoms with Crippen molar-refractivity contribution in [1.29, 1.82) is 10.5 Å². The van der Waals surface area contributed by atoms with Crippen LogP contribution in [0.5, 0.6) is 5.75 Å². The summed E-state index contributed by atoms with van der Waals surface area (Å²) in [5, 5.41) is 17.9. The molecule has 0 bridgehead atoms. The minimum atomic E-state index is -0.776. The maximum Gasteiger partial charge on any atom is 0.259 e. The predicted molar refractivity (Wildman–Crippen MR) is 84.7 cm³/mol. The number of primary amides is 1. The van der Waals surface area contributed by atoms with Crippen molar-refractivity contribution in [2.75, 3.05) is 0 Å². The molecule has 5 heteroatoms. The van der Waals surface area contributed by atoms with Crippen LogP contribution in [0.2, 0.25) is 0 Å². The van der Waals surface area contributed by atoms with E-state index in [1.54, 1.807) is 42.5 Å². The third kappa shape index (κ3) is 4.20. The minimum Gasteiger partial charge on any atom is -0.489 e. The number of benzene rings is 2. The van der Waals surface area contributed by atoms with E-state index in [9.17, 15) is 4.79 Å². The summed E-state index contributed by atoms with van der Waals surface area (Å²) in [6.07, 6.45) is 1.40. The van der Waals surface area contributed by atoms with Gasteiger partial charge in [0.2, 0.25) is 0 Å². The van der Waals surface area contributed by atoms with Crippen LogP contribution in [0.15, 0.2) is 54.1 Å². The summed E-state index contributed by atoms with van der Waals surface area (Å²) < 4.78 is 5.67. The van der Waals surface area contributed by atoms with Crippen LogP contribution in [-0.4, -0.2) is 5.91 Å². The number of nitrogens with zero attached hydrogens (tertiary/aromatic N) is 2. The molecule has 2 aromatic rings. The standard InChI is InChI=1S/C18H13N3O2/c19-10-14-5-1-2-6-15(14)12-23-17-7-3-4-13(9-17)8-16(11-20)18(21)22/h1-9H,12H2,(H2,21,22)/b16-8+. The Morgan fingerprint density at radius 1 is 1.17 bits per heavy atom. The summed E-state index contributed by atoms with van der Waals surface area (Å²) in [7, 11) is 0. The summed E-state index contributed by atoms with van der Waals surface area (Å²) in [4.78, 5) is 11.1. The van der Waals surface area contributed by atoms with Crippen LogP contribution in [0.1, 0.15) is 16.7 Å². The van der Waals surface area contributed by atoms with Crippen LogP contribution >= 0.6 is 0 Å². The van der Waals surface area contributed by atoms with Gasteiger partial charge in [0, 0.05) is 5.56 Å². The SMILES string of the molecule is N#C/C(=C\c1cccc(OCc2ccccc2C#N)c1)C(N)=O. The zero-order valence-electron chi connectivity index (χ0n) is 12.2. The van der Waals surface area contributed by atoms with Gasteiger partial charge in [0.1, 0.15) is 24.0 Å². The van der Waals surface area contributed by atoms with Gasteiger partial charge in [0.05, 0.1) is 11.6 Å². The molecule has 0 aromatic heterocycles. The van der Waals surface area contributed by atoms with Gasteiger partial charge in [0.15, 0.2) is 0 Å². The topological polar surface area (TPSA) is 99.9 Å². The predicted octanol–water partition coefficient (Wildman–Crippen LogP) is 2.53. The quantitative estimate of drug-likeness (QED) is 0.677. The van der Waals surface area contributed by atoms with Gasteiger partial charge in [-0.05, 0) is 29.8 Å². The van der Waals surface area contributed by atoms with E-state index in [0.717, 1.165) is 5.56 Å². The molecule has 0 aliphatic carbocycles. The van der Waals surface area contributed by atoms with E-state index in [4.69, 9.17) is 21.0 Å². The molecule has 2 aromatic carbocycles. The highest BCUT2D eigenvalue weighted by atomic mass is 16.5. The van der Waals surface area contributed by atoms with Crippen LogP contribution in [0.3, 0.4) is 0 Å². The molecule has 0 spiro atoms. The number of nitrogens with two attached hydrogens (primary N) is 1. The van der Waals surface area contributed by atoms with Crippen LogP contribution in [0.4, 0.5) is 0 Å². The van der Waals surface area contributed by atoms with Gasteiger partial charge in [-0.1, -0.05) is 30.3 Å². The molecule has 0 radical (unpaired) electrons. The Morgan fingerprint density at radius 3 is 2.65 bits per heavy atom. The maximum atomic E-state index is 11.1. The first-order chi connectivity index (χ1) is 11.1. The Balaban J connectivity index is 2.17. The van der Waals surface area contributed by atoms with E-state index in [1.165, 1.54) is 6.08 Å². The van der Waals surface area contributed by atoms with Gasteiger partial charge < -0.3 is 10.5 Å². The van der Waals surface area contributed by atoms with Crippen molar-refractivity contribution in [2.24, 2.45) is 5.73 Å². The van der Waals surface area contributed by atoms with E-state index < -0.39 is 5.91 Å². The van der Waals surface area contributed by atoms with Crippen LogP contribution in [0.25, 0.3) is 6.08 Å². The van der Waals surface area contributed by atoms with Crippen molar-refractivity contribution in [3.05, 3.63) is 70.8 Å². The third-order valence-corrected chi connectivity index (χ3v) is 3.09. The first kappa shape index (κ1) is 15.8. The summed E-state index contributed by atoms with van der Waals surface area (Å²) in [6, 6.07) is 18.0. The molecular formula is C18H13N3O2. The lowest BCUT2D eigenvalue weighted by Crippen LogP contribution is -2.12. The van der Waals surface area contributed by atoms with Crippen LogP contribution < -0.4 is 10.5 Å². The number of ether oxygens (including phenoxy) is 1. The van der Waals surface area contributed by atoms with Crippen molar-refractivity contribution in [3.63, 3.8) is 0 Å². The molecule has 0 atom stereocenters. The zero-order valence-corrected chi connectivity index (χ0v) is 12.2. The number of carbonyl (C=O) groups excluding carboxylic acids is 1. The zero-order chi connectivity index (χ0) is 16.7. The average Bonchev–Trinajstić information content (AvgIpc) is 2.58. The van der Waals surface area contributed by atoms with Crippen molar-refractivity contribution >= 4 is 12.0 Å². The third-order valence-electron chi connectivity index (χ3n) is 3.09. The van der Waals surface area contributed by atoms with Gasteiger partial charge in [-0.3, -0.25) is 4.79 Å². The summed E-state index contributed by atoms with van der Waals surface area (Å²) in [5.74, 6) is -0.213. The number of nitriles is 2. The fourth-order valence-corrected chi connectivity index (χ4v) is 1.94. The van der Waals surface area contributed by atoms with E-state index >= 15 is 0 Å². The Hall–Kier alpha value is -3.57.